The number of primary amides is 1. The number of rotatable bonds is 5. The molecule has 1 saturated heterocycles. The molecule has 1 aliphatic rings. The summed E-state index contributed by atoms with van der Waals surface area (Å²) in [6.07, 6.45) is 2.12. The number of nitrogens with two attached hydrogens (primary N) is 1. The van der Waals surface area contributed by atoms with E-state index in [2.05, 4.69) is 13.8 Å². The second-order valence-corrected chi connectivity index (χ2v) is 6.32. The molecule has 5 nitrogen and oxygen atoms in total. The summed E-state index contributed by atoms with van der Waals surface area (Å²) in [5.41, 5.74) is 6.44. The predicted molar refractivity (Wildman–Crippen MR) is 88.5 cm³/mol. The number of nitrogens with zero attached hydrogens (tertiary/aromatic N) is 1. The Hall–Kier alpha value is -2.04. The Balaban J connectivity index is 1.97. The van der Waals surface area contributed by atoms with E-state index in [0.717, 1.165) is 18.4 Å². The van der Waals surface area contributed by atoms with Crippen LogP contribution in [-0.2, 0) is 16.1 Å². The number of benzene rings is 1. The minimum absolute atomic E-state index is 0.205. The summed E-state index contributed by atoms with van der Waals surface area (Å²) in [4.78, 5) is 25.6. The molecule has 0 saturated carbocycles. The summed E-state index contributed by atoms with van der Waals surface area (Å²) in [6, 6.07) is 8.93. The van der Waals surface area contributed by atoms with Gasteiger partial charge in [0, 0.05) is 6.54 Å². The molecular formula is C18H26N2O3. The van der Waals surface area contributed by atoms with Crippen LogP contribution in [0.25, 0.3) is 0 Å². The lowest BCUT2D eigenvalue weighted by Crippen LogP contribution is -2.53. The first kappa shape index (κ1) is 17.3. The van der Waals surface area contributed by atoms with Gasteiger partial charge in [0.2, 0.25) is 5.91 Å². The van der Waals surface area contributed by atoms with Crippen molar-refractivity contribution < 1.29 is 14.3 Å². The fraction of sp³-hybridized carbons (Fsp3) is 0.556. The maximum absolute atomic E-state index is 12.3. The molecule has 0 aliphatic carbocycles. The topological polar surface area (TPSA) is 72.6 Å². The standard InChI is InChI=1S/C18H26N2O3/c1-3-13(2)15-9-10-20(16(11-15)17(19)21)18(22)23-12-14-7-5-4-6-8-14/h4-8,13,15-16H,3,9-12H2,1-2H3,(H2,19,21)/t13-,15?,16?/m0/s1. The summed E-state index contributed by atoms with van der Waals surface area (Å²) >= 11 is 0. The van der Waals surface area contributed by atoms with Crippen LogP contribution in [0.2, 0.25) is 0 Å². The van der Waals surface area contributed by atoms with E-state index in [1.54, 1.807) is 0 Å². The summed E-state index contributed by atoms with van der Waals surface area (Å²) in [7, 11) is 0. The minimum atomic E-state index is -0.564. The Kier molecular flexibility index (Phi) is 6.02. The third-order valence-corrected chi connectivity index (χ3v) is 4.86. The molecule has 1 aromatic rings. The summed E-state index contributed by atoms with van der Waals surface area (Å²) < 4.78 is 5.35. The van der Waals surface area contributed by atoms with Crippen molar-refractivity contribution >= 4 is 12.0 Å². The number of carbonyl (C=O) groups is 2. The highest BCUT2D eigenvalue weighted by Gasteiger charge is 2.37. The van der Waals surface area contributed by atoms with Crippen molar-refractivity contribution in [2.75, 3.05) is 6.54 Å². The fourth-order valence-corrected chi connectivity index (χ4v) is 3.13. The van der Waals surface area contributed by atoms with Crippen LogP contribution < -0.4 is 5.73 Å². The van der Waals surface area contributed by atoms with Crippen LogP contribution in [0.15, 0.2) is 30.3 Å². The molecule has 1 aromatic carbocycles. The van der Waals surface area contributed by atoms with E-state index in [4.69, 9.17) is 10.5 Å². The van der Waals surface area contributed by atoms with E-state index in [9.17, 15) is 9.59 Å². The molecule has 5 heteroatoms. The third kappa shape index (κ3) is 4.47. The second kappa shape index (κ2) is 7.99. The van der Waals surface area contributed by atoms with Gasteiger partial charge in [0.1, 0.15) is 12.6 Å². The monoisotopic (exact) mass is 318 g/mol. The first-order chi connectivity index (χ1) is 11.0. The number of piperidine rings is 1. The van der Waals surface area contributed by atoms with Crippen molar-refractivity contribution in [1.82, 2.24) is 4.90 Å². The van der Waals surface area contributed by atoms with E-state index in [1.807, 2.05) is 30.3 Å². The zero-order chi connectivity index (χ0) is 16.8. The van der Waals surface area contributed by atoms with Gasteiger partial charge in [0.25, 0.3) is 0 Å². The molecule has 126 valence electrons. The number of ether oxygens (including phenoxy) is 1. The molecule has 1 fully saturated rings. The Morgan fingerprint density at radius 1 is 1.35 bits per heavy atom. The van der Waals surface area contributed by atoms with Crippen molar-refractivity contribution in [1.29, 1.82) is 0 Å². The van der Waals surface area contributed by atoms with Crippen LogP contribution in [0.3, 0.4) is 0 Å². The summed E-state index contributed by atoms with van der Waals surface area (Å²) in [5.74, 6) is 0.504. The average molecular weight is 318 g/mol. The van der Waals surface area contributed by atoms with E-state index >= 15 is 0 Å². The Morgan fingerprint density at radius 3 is 2.65 bits per heavy atom. The van der Waals surface area contributed by atoms with E-state index in [1.165, 1.54) is 4.90 Å². The maximum atomic E-state index is 12.3. The highest BCUT2D eigenvalue weighted by molar-refractivity contribution is 5.84. The molecule has 0 aromatic heterocycles. The molecule has 1 aliphatic heterocycles. The Morgan fingerprint density at radius 2 is 2.04 bits per heavy atom. The number of carbonyl (C=O) groups excluding carboxylic acids is 2. The van der Waals surface area contributed by atoms with Gasteiger partial charge < -0.3 is 10.5 Å². The minimum Gasteiger partial charge on any atom is -0.445 e. The smallest absolute Gasteiger partial charge is 0.410 e. The number of amides is 2. The lowest BCUT2D eigenvalue weighted by Gasteiger charge is -2.39. The number of likely N-dealkylation sites (tertiary alicyclic amines) is 1. The van der Waals surface area contributed by atoms with Crippen LogP contribution in [-0.4, -0.2) is 29.5 Å². The third-order valence-electron chi connectivity index (χ3n) is 4.86. The van der Waals surface area contributed by atoms with Crippen molar-refractivity contribution in [2.45, 2.75) is 45.8 Å². The molecule has 0 radical (unpaired) electrons. The molecule has 1 heterocycles. The molecule has 0 bridgehead atoms. The SMILES string of the molecule is CC[C@H](C)C1CCN(C(=O)OCc2ccccc2)C(C(N)=O)C1. The van der Waals surface area contributed by atoms with Gasteiger partial charge in [-0.3, -0.25) is 9.69 Å². The molecule has 2 rings (SSSR count). The van der Waals surface area contributed by atoms with Crippen LogP contribution in [0.5, 0.6) is 0 Å². The molecule has 23 heavy (non-hydrogen) atoms. The number of hydrogen-bond donors (Lipinski definition) is 1. The molecule has 2 amide bonds. The van der Waals surface area contributed by atoms with Crippen LogP contribution in [0.1, 0.15) is 38.7 Å². The van der Waals surface area contributed by atoms with Gasteiger partial charge in [-0.05, 0) is 30.2 Å². The van der Waals surface area contributed by atoms with Gasteiger partial charge in [-0.2, -0.15) is 0 Å². The van der Waals surface area contributed by atoms with Crippen LogP contribution in [0, 0.1) is 11.8 Å². The van der Waals surface area contributed by atoms with Crippen LogP contribution >= 0.6 is 0 Å². The Labute approximate surface area is 137 Å². The van der Waals surface area contributed by atoms with Crippen molar-refractivity contribution in [3.63, 3.8) is 0 Å². The molecular weight excluding hydrogens is 292 g/mol. The predicted octanol–water partition coefficient (Wildman–Crippen LogP) is 2.94. The quantitative estimate of drug-likeness (QED) is 0.907. The van der Waals surface area contributed by atoms with Gasteiger partial charge in [-0.15, -0.1) is 0 Å². The van der Waals surface area contributed by atoms with E-state index < -0.39 is 18.0 Å². The van der Waals surface area contributed by atoms with Gasteiger partial charge in [-0.25, -0.2) is 4.79 Å². The summed E-state index contributed by atoms with van der Waals surface area (Å²) in [6.45, 7) is 5.06. The maximum Gasteiger partial charge on any atom is 0.410 e. The first-order valence-corrected chi connectivity index (χ1v) is 8.29. The molecule has 2 unspecified atom stereocenters. The van der Waals surface area contributed by atoms with E-state index in [0.29, 0.717) is 24.8 Å². The zero-order valence-corrected chi connectivity index (χ0v) is 13.9. The van der Waals surface area contributed by atoms with E-state index in [-0.39, 0.29) is 6.61 Å². The van der Waals surface area contributed by atoms with Crippen LogP contribution in [0.4, 0.5) is 4.79 Å². The number of hydrogen-bond acceptors (Lipinski definition) is 3. The molecule has 3 atom stereocenters. The van der Waals surface area contributed by atoms with Gasteiger partial charge >= 0.3 is 6.09 Å². The van der Waals surface area contributed by atoms with Gasteiger partial charge in [0.05, 0.1) is 0 Å². The molecule has 2 N–H and O–H groups in total. The lowest BCUT2D eigenvalue weighted by molar-refractivity contribution is -0.124. The summed E-state index contributed by atoms with van der Waals surface area (Å²) in [5, 5.41) is 0. The largest absolute Gasteiger partial charge is 0.445 e. The normalized spacial score (nSPS) is 22.4. The van der Waals surface area contributed by atoms with Crippen molar-refractivity contribution in [3.05, 3.63) is 35.9 Å². The highest BCUT2D eigenvalue weighted by atomic mass is 16.6. The fourth-order valence-electron chi connectivity index (χ4n) is 3.13. The van der Waals surface area contributed by atoms with Gasteiger partial charge in [0.15, 0.2) is 0 Å². The van der Waals surface area contributed by atoms with Crippen molar-refractivity contribution in [3.8, 4) is 0 Å². The lowest BCUT2D eigenvalue weighted by atomic mass is 9.81. The first-order valence-electron chi connectivity index (χ1n) is 8.29. The van der Waals surface area contributed by atoms with Crippen molar-refractivity contribution in [2.24, 2.45) is 17.6 Å². The zero-order valence-electron chi connectivity index (χ0n) is 13.9. The highest BCUT2D eigenvalue weighted by Crippen LogP contribution is 2.30. The molecule has 0 spiro atoms. The average Bonchev–Trinajstić information content (AvgIpc) is 2.59. The second-order valence-electron chi connectivity index (χ2n) is 6.32. The Bertz CT molecular complexity index is 532. The van der Waals surface area contributed by atoms with Gasteiger partial charge in [-0.1, -0.05) is 50.6 Å².